The van der Waals surface area contributed by atoms with Gasteiger partial charge in [-0.3, -0.25) is 4.79 Å². The third kappa shape index (κ3) is 1.98. The summed E-state index contributed by atoms with van der Waals surface area (Å²) in [6.45, 7) is 0. The molecule has 0 N–H and O–H groups in total. The smallest absolute Gasteiger partial charge is 0.226 e. The number of hydrogen-bond acceptors (Lipinski definition) is 1. The van der Waals surface area contributed by atoms with Gasteiger partial charge in [0.15, 0.2) is 0 Å². The van der Waals surface area contributed by atoms with Gasteiger partial charge in [-0.25, -0.2) is 0 Å². The van der Waals surface area contributed by atoms with Crippen molar-refractivity contribution in [3.05, 3.63) is 35.4 Å². The van der Waals surface area contributed by atoms with Crippen LogP contribution in [0.3, 0.4) is 0 Å². The molecule has 1 aromatic carbocycles. The van der Waals surface area contributed by atoms with E-state index in [-0.39, 0.29) is 0 Å². The van der Waals surface area contributed by atoms with E-state index in [9.17, 15) is 4.79 Å². The standard InChI is InChI=1S/C17H21NO/c19-17(12-6-3-7-12)18(15-8-9-15)16-10-13-4-1-2-5-14(13)11-16/h1-2,4-5,12,15-16H,3,6-11H2. The summed E-state index contributed by atoms with van der Waals surface area (Å²) < 4.78 is 0. The van der Waals surface area contributed by atoms with Gasteiger partial charge in [-0.2, -0.15) is 0 Å². The van der Waals surface area contributed by atoms with Crippen molar-refractivity contribution in [2.24, 2.45) is 5.92 Å². The minimum Gasteiger partial charge on any atom is -0.336 e. The molecule has 4 rings (SSSR count). The molecule has 0 unspecified atom stereocenters. The molecule has 3 aliphatic rings. The Morgan fingerprint density at radius 1 is 0.947 bits per heavy atom. The van der Waals surface area contributed by atoms with Gasteiger partial charge in [-0.15, -0.1) is 0 Å². The third-order valence-corrected chi connectivity index (χ3v) is 5.07. The molecule has 2 saturated carbocycles. The number of carbonyl (C=O) groups excluding carboxylic acids is 1. The quantitative estimate of drug-likeness (QED) is 0.813. The van der Waals surface area contributed by atoms with E-state index in [1.807, 2.05) is 0 Å². The maximum absolute atomic E-state index is 12.7. The van der Waals surface area contributed by atoms with E-state index in [1.54, 1.807) is 0 Å². The van der Waals surface area contributed by atoms with Gasteiger partial charge in [0.2, 0.25) is 5.91 Å². The number of amides is 1. The maximum atomic E-state index is 12.7. The predicted molar refractivity (Wildman–Crippen MR) is 74.8 cm³/mol. The summed E-state index contributed by atoms with van der Waals surface area (Å²) in [5.41, 5.74) is 2.92. The van der Waals surface area contributed by atoms with Crippen LogP contribution in [0, 0.1) is 5.92 Å². The van der Waals surface area contributed by atoms with Gasteiger partial charge in [0.05, 0.1) is 0 Å². The highest BCUT2D eigenvalue weighted by atomic mass is 16.2. The minimum absolute atomic E-state index is 0.351. The summed E-state index contributed by atoms with van der Waals surface area (Å²) in [7, 11) is 0. The molecule has 19 heavy (non-hydrogen) atoms. The second kappa shape index (κ2) is 4.36. The lowest BCUT2D eigenvalue weighted by Crippen LogP contribution is -2.47. The van der Waals surface area contributed by atoms with E-state index in [0.717, 1.165) is 25.7 Å². The first-order chi connectivity index (χ1) is 9.33. The molecule has 2 fully saturated rings. The first-order valence-electron chi connectivity index (χ1n) is 7.72. The van der Waals surface area contributed by atoms with Crippen LogP contribution in [0.15, 0.2) is 24.3 Å². The number of fused-ring (bicyclic) bond motifs is 1. The molecule has 0 aromatic heterocycles. The largest absolute Gasteiger partial charge is 0.336 e. The number of carbonyl (C=O) groups is 1. The molecule has 3 aliphatic carbocycles. The first kappa shape index (κ1) is 11.5. The monoisotopic (exact) mass is 255 g/mol. The molecule has 0 aliphatic heterocycles. The van der Waals surface area contributed by atoms with Crippen molar-refractivity contribution in [1.82, 2.24) is 4.90 Å². The molecule has 100 valence electrons. The lowest BCUT2D eigenvalue weighted by Gasteiger charge is -2.35. The zero-order valence-electron chi connectivity index (χ0n) is 11.3. The predicted octanol–water partition coefficient (Wildman–Crippen LogP) is 2.94. The van der Waals surface area contributed by atoms with Crippen LogP contribution in [0.4, 0.5) is 0 Å². The summed E-state index contributed by atoms with van der Waals surface area (Å²) in [4.78, 5) is 15.0. The molecule has 0 spiro atoms. The highest BCUT2D eigenvalue weighted by Gasteiger charge is 2.42. The number of nitrogens with zero attached hydrogens (tertiary/aromatic N) is 1. The van der Waals surface area contributed by atoms with Crippen LogP contribution in [0.1, 0.15) is 43.2 Å². The normalized spacial score (nSPS) is 22.9. The summed E-state index contributed by atoms with van der Waals surface area (Å²) in [6.07, 6.45) is 8.11. The Morgan fingerprint density at radius 3 is 2.05 bits per heavy atom. The molecule has 0 saturated heterocycles. The number of benzene rings is 1. The van der Waals surface area contributed by atoms with Crippen molar-refractivity contribution < 1.29 is 4.79 Å². The van der Waals surface area contributed by atoms with E-state index < -0.39 is 0 Å². The second-order valence-electron chi connectivity index (χ2n) is 6.44. The minimum atomic E-state index is 0.351. The van der Waals surface area contributed by atoms with Gasteiger partial charge >= 0.3 is 0 Å². The number of rotatable bonds is 3. The van der Waals surface area contributed by atoms with E-state index in [1.165, 1.54) is 30.4 Å². The van der Waals surface area contributed by atoms with Gasteiger partial charge in [0, 0.05) is 18.0 Å². The van der Waals surface area contributed by atoms with Gasteiger partial charge in [-0.1, -0.05) is 30.7 Å². The third-order valence-electron chi connectivity index (χ3n) is 5.07. The summed E-state index contributed by atoms with van der Waals surface area (Å²) in [6, 6.07) is 9.71. The van der Waals surface area contributed by atoms with Crippen molar-refractivity contribution >= 4 is 5.91 Å². The topological polar surface area (TPSA) is 20.3 Å². The van der Waals surface area contributed by atoms with E-state index in [4.69, 9.17) is 0 Å². The molecule has 2 heteroatoms. The van der Waals surface area contributed by atoms with Crippen molar-refractivity contribution in [2.75, 3.05) is 0 Å². The molecule has 2 nitrogen and oxygen atoms in total. The lowest BCUT2D eigenvalue weighted by atomic mass is 9.84. The fourth-order valence-electron chi connectivity index (χ4n) is 3.61. The lowest BCUT2D eigenvalue weighted by molar-refractivity contribution is -0.141. The van der Waals surface area contributed by atoms with Crippen molar-refractivity contribution in [3.63, 3.8) is 0 Å². The van der Waals surface area contributed by atoms with E-state index in [0.29, 0.717) is 23.9 Å². The van der Waals surface area contributed by atoms with Crippen LogP contribution < -0.4 is 0 Å². The Kier molecular flexibility index (Phi) is 2.64. The fourth-order valence-corrected chi connectivity index (χ4v) is 3.61. The van der Waals surface area contributed by atoms with E-state index in [2.05, 4.69) is 29.2 Å². The molecule has 0 atom stereocenters. The Morgan fingerprint density at radius 2 is 1.58 bits per heavy atom. The van der Waals surface area contributed by atoms with Gasteiger partial charge in [0.1, 0.15) is 0 Å². The van der Waals surface area contributed by atoms with Gasteiger partial charge < -0.3 is 4.90 Å². The molecule has 1 amide bonds. The van der Waals surface area contributed by atoms with Crippen molar-refractivity contribution in [2.45, 2.75) is 57.0 Å². The zero-order valence-corrected chi connectivity index (χ0v) is 11.3. The maximum Gasteiger partial charge on any atom is 0.226 e. The van der Waals surface area contributed by atoms with Crippen LogP contribution in [0.25, 0.3) is 0 Å². The molecule has 0 heterocycles. The molecule has 0 bridgehead atoms. The van der Waals surface area contributed by atoms with Crippen molar-refractivity contribution in [1.29, 1.82) is 0 Å². The summed E-state index contributed by atoms with van der Waals surface area (Å²) in [5, 5.41) is 0. The first-order valence-corrected chi connectivity index (χ1v) is 7.72. The fraction of sp³-hybridized carbons (Fsp3) is 0.588. The van der Waals surface area contributed by atoms with Crippen LogP contribution in [-0.4, -0.2) is 22.9 Å². The molecule has 1 aromatic rings. The van der Waals surface area contributed by atoms with Crippen LogP contribution in [0.2, 0.25) is 0 Å². The van der Waals surface area contributed by atoms with Crippen LogP contribution >= 0.6 is 0 Å². The Bertz CT molecular complexity index is 477. The SMILES string of the molecule is O=C(C1CCC1)N(C1CC1)C1Cc2ccccc2C1. The second-order valence-corrected chi connectivity index (χ2v) is 6.44. The van der Waals surface area contributed by atoms with Gasteiger partial charge in [-0.05, 0) is 49.7 Å². The summed E-state index contributed by atoms with van der Waals surface area (Å²) >= 11 is 0. The molecular formula is C17H21NO. The average molecular weight is 255 g/mol. The molecule has 0 radical (unpaired) electrons. The Hall–Kier alpha value is -1.31. The average Bonchev–Trinajstić information content (AvgIpc) is 3.06. The summed E-state index contributed by atoms with van der Waals surface area (Å²) in [5.74, 6) is 0.816. The van der Waals surface area contributed by atoms with Crippen molar-refractivity contribution in [3.8, 4) is 0 Å². The zero-order chi connectivity index (χ0) is 12.8. The molecular weight excluding hydrogens is 234 g/mol. The highest BCUT2D eigenvalue weighted by Crippen LogP contribution is 2.38. The number of hydrogen-bond donors (Lipinski definition) is 0. The highest BCUT2D eigenvalue weighted by molar-refractivity contribution is 5.80. The van der Waals surface area contributed by atoms with E-state index >= 15 is 0 Å². The van der Waals surface area contributed by atoms with Crippen LogP contribution in [0.5, 0.6) is 0 Å². The Balaban J connectivity index is 1.54. The van der Waals surface area contributed by atoms with Crippen LogP contribution in [-0.2, 0) is 17.6 Å². The Labute approximate surface area is 114 Å². The van der Waals surface area contributed by atoms with Gasteiger partial charge in [0.25, 0.3) is 0 Å².